The zero-order valence-electron chi connectivity index (χ0n) is 9.15. The molecule has 0 N–H and O–H groups in total. The molecule has 2 rings (SSSR count). The summed E-state index contributed by atoms with van der Waals surface area (Å²) < 4.78 is 3.72. The smallest absolute Gasteiger partial charge is 0.151 e. The first kappa shape index (κ1) is 10.7. The Labute approximate surface area is 98.8 Å². The number of aryl methyl sites for hydroxylation is 1. The fraction of sp³-hybridized carbons (Fsp3) is 0.250. The summed E-state index contributed by atoms with van der Waals surface area (Å²) in [6.45, 7) is 4.35. The molecule has 1 aromatic carbocycles. The van der Waals surface area contributed by atoms with Gasteiger partial charge in [-0.2, -0.15) is 4.57 Å². The van der Waals surface area contributed by atoms with Crippen LogP contribution in [-0.2, 0) is 0 Å². The van der Waals surface area contributed by atoms with Gasteiger partial charge in [0, 0.05) is 26.0 Å². The Morgan fingerprint density at radius 2 is 1.80 bits per heavy atom. The minimum absolute atomic E-state index is 1.25. The van der Waals surface area contributed by atoms with Crippen LogP contribution in [-0.4, -0.2) is 6.26 Å². The topological polar surface area (TPSA) is 3.88 Å². The number of benzene rings is 1. The van der Waals surface area contributed by atoms with E-state index in [0.717, 1.165) is 0 Å². The lowest BCUT2D eigenvalue weighted by molar-refractivity contribution is -0.605. The normalized spacial score (nSPS) is 10.6. The molecule has 0 bridgehead atoms. The van der Waals surface area contributed by atoms with Gasteiger partial charge < -0.3 is 0 Å². The fourth-order valence-corrected chi connectivity index (χ4v) is 3.65. The quantitative estimate of drug-likeness (QED) is 0.571. The first-order valence-electron chi connectivity index (χ1n) is 4.85. The number of thiazole rings is 1. The molecule has 2 aromatic rings. The molecule has 1 nitrogen and oxygen atoms in total. The molecule has 0 fully saturated rings. The van der Waals surface area contributed by atoms with Gasteiger partial charge in [0.25, 0.3) is 0 Å². The number of thioether (sulfide) groups is 1. The molecule has 15 heavy (non-hydrogen) atoms. The van der Waals surface area contributed by atoms with Crippen molar-refractivity contribution in [3.05, 3.63) is 41.0 Å². The van der Waals surface area contributed by atoms with Crippen LogP contribution in [0.4, 0.5) is 0 Å². The van der Waals surface area contributed by atoms with Gasteiger partial charge in [0.2, 0.25) is 16.4 Å². The van der Waals surface area contributed by atoms with E-state index < -0.39 is 0 Å². The molecule has 1 aromatic heterocycles. The van der Waals surface area contributed by atoms with Gasteiger partial charge in [-0.3, -0.25) is 0 Å². The highest BCUT2D eigenvalue weighted by molar-refractivity contribution is 8.00. The van der Waals surface area contributed by atoms with E-state index in [1.807, 2.05) is 23.1 Å². The van der Waals surface area contributed by atoms with Crippen LogP contribution in [0.25, 0.3) is 5.69 Å². The van der Waals surface area contributed by atoms with Gasteiger partial charge in [0.05, 0.1) is 0 Å². The van der Waals surface area contributed by atoms with Gasteiger partial charge in [0.1, 0.15) is 4.21 Å². The first-order chi connectivity index (χ1) is 7.24. The fourth-order valence-electron chi connectivity index (χ4n) is 1.72. The molecule has 0 radical (unpaired) electrons. The Balaban J connectivity index is 2.58. The minimum Gasteiger partial charge on any atom is -0.151 e. The molecular formula is C12H14NS2+. The molecule has 3 heteroatoms. The third kappa shape index (κ3) is 1.94. The maximum Gasteiger partial charge on any atom is 0.241 e. The second kappa shape index (κ2) is 4.37. The Hall–Kier alpha value is -0.800. The van der Waals surface area contributed by atoms with Gasteiger partial charge in [0.15, 0.2) is 0 Å². The average Bonchev–Trinajstić information content (AvgIpc) is 2.55. The van der Waals surface area contributed by atoms with E-state index in [9.17, 15) is 0 Å². The second-order valence-corrected chi connectivity index (χ2v) is 5.65. The number of hydrogen-bond acceptors (Lipinski definition) is 2. The van der Waals surface area contributed by atoms with Crippen LogP contribution in [0.1, 0.15) is 10.7 Å². The molecule has 0 unspecified atom stereocenters. The van der Waals surface area contributed by atoms with E-state index >= 15 is 0 Å². The molecule has 0 spiro atoms. The molecule has 78 valence electrons. The van der Waals surface area contributed by atoms with Crippen molar-refractivity contribution in [3.63, 3.8) is 0 Å². The summed E-state index contributed by atoms with van der Waals surface area (Å²) in [6, 6.07) is 10.5. The van der Waals surface area contributed by atoms with E-state index in [4.69, 9.17) is 0 Å². The van der Waals surface area contributed by atoms with Crippen molar-refractivity contribution in [1.29, 1.82) is 0 Å². The highest BCUT2D eigenvalue weighted by Gasteiger charge is 2.21. The van der Waals surface area contributed by atoms with E-state index in [2.05, 4.69) is 55.0 Å². The molecule has 0 amide bonds. The van der Waals surface area contributed by atoms with E-state index in [1.165, 1.54) is 20.6 Å². The Bertz CT molecular complexity index is 460. The Morgan fingerprint density at radius 1 is 1.13 bits per heavy atom. The molecular weight excluding hydrogens is 222 g/mol. The van der Waals surface area contributed by atoms with Gasteiger partial charge in [-0.25, -0.2) is 0 Å². The summed E-state index contributed by atoms with van der Waals surface area (Å²) in [4.78, 5) is 0. The van der Waals surface area contributed by atoms with Crippen molar-refractivity contribution in [2.45, 2.75) is 18.1 Å². The van der Waals surface area contributed by atoms with Gasteiger partial charge in [-0.15, -0.1) is 11.8 Å². The number of rotatable bonds is 2. The van der Waals surface area contributed by atoms with Gasteiger partial charge in [-0.05, 0) is 6.26 Å². The lowest BCUT2D eigenvalue weighted by Gasteiger charge is -1.95. The molecule has 0 saturated carbocycles. The third-order valence-corrected chi connectivity index (χ3v) is 4.76. The maximum absolute atomic E-state index is 2.32. The third-order valence-electron chi connectivity index (χ3n) is 2.39. The summed E-state index contributed by atoms with van der Waals surface area (Å²) in [5.74, 6) is 0. The summed E-state index contributed by atoms with van der Waals surface area (Å²) in [7, 11) is 0. The van der Waals surface area contributed by atoms with Crippen LogP contribution >= 0.6 is 23.1 Å². The molecule has 1 heterocycles. The van der Waals surface area contributed by atoms with E-state index in [1.54, 1.807) is 0 Å². The largest absolute Gasteiger partial charge is 0.241 e. The van der Waals surface area contributed by atoms with E-state index in [0.29, 0.717) is 0 Å². The summed E-state index contributed by atoms with van der Waals surface area (Å²) in [6.07, 6.45) is 2.13. The van der Waals surface area contributed by atoms with Crippen LogP contribution in [0.2, 0.25) is 0 Å². The van der Waals surface area contributed by atoms with E-state index in [-0.39, 0.29) is 0 Å². The summed E-state index contributed by atoms with van der Waals surface area (Å²) in [5, 5.41) is 1.34. The number of para-hydroxylation sites is 1. The molecule has 0 saturated heterocycles. The number of hydrogen-bond donors (Lipinski definition) is 0. The zero-order chi connectivity index (χ0) is 10.8. The zero-order valence-corrected chi connectivity index (χ0v) is 10.8. The van der Waals surface area contributed by atoms with Crippen LogP contribution < -0.4 is 4.57 Å². The van der Waals surface area contributed by atoms with Crippen molar-refractivity contribution in [2.24, 2.45) is 0 Å². The van der Waals surface area contributed by atoms with Crippen molar-refractivity contribution in [2.75, 3.05) is 6.26 Å². The van der Waals surface area contributed by atoms with Crippen molar-refractivity contribution in [1.82, 2.24) is 0 Å². The van der Waals surface area contributed by atoms with Gasteiger partial charge >= 0.3 is 0 Å². The number of nitrogens with zero attached hydrogens (tertiary/aromatic N) is 1. The van der Waals surface area contributed by atoms with Crippen LogP contribution in [0.5, 0.6) is 0 Å². The maximum atomic E-state index is 2.32. The predicted molar refractivity (Wildman–Crippen MR) is 67.1 cm³/mol. The van der Waals surface area contributed by atoms with Gasteiger partial charge in [-0.1, -0.05) is 29.5 Å². The van der Waals surface area contributed by atoms with Crippen LogP contribution in [0.15, 0.2) is 34.5 Å². The standard InChI is InChI=1S/C12H14NS2/c1-9-12(14-3)15-10(2)13(9)11-7-5-4-6-8-11/h4-8H,1-3H3/q+1. The average molecular weight is 236 g/mol. The first-order valence-corrected chi connectivity index (χ1v) is 6.89. The van der Waals surface area contributed by atoms with Crippen molar-refractivity contribution in [3.8, 4) is 5.69 Å². The lowest BCUT2D eigenvalue weighted by atomic mass is 10.3. The Morgan fingerprint density at radius 3 is 2.33 bits per heavy atom. The molecule has 0 aliphatic rings. The summed E-state index contributed by atoms with van der Waals surface area (Å²) in [5.41, 5.74) is 2.60. The summed E-state index contributed by atoms with van der Waals surface area (Å²) >= 11 is 3.68. The molecule has 0 atom stereocenters. The predicted octanol–water partition coefficient (Wildman–Crippen LogP) is 3.36. The Kier molecular flexibility index (Phi) is 3.12. The molecule has 0 aliphatic heterocycles. The SMILES string of the molecule is CSc1sc(C)[n+](-c2ccccc2)c1C. The highest BCUT2D eigenvalue weighted by Crippen LogP contribution is 2.26. The van der Waals surface area contributed by atoms with Crippen LogP contribution in [0, 0.1) is 13.8 Å². The minimum atomic E-state index is 1.25. The second-order valence-electron chi connectivity index (χ2n) is 3.37. The lowest BCUT2D eigenvalue weighted by Crippen LogP contribution is -2.34. The highest BCUT2D eigenvalue weighted by atomic mass is 32.2. The molecule has 0 aliphatic carbocycles. The van der Waals surface area contributed by atoms with Crippen molar-refractivity contribution < 1.29 is 4.57 Å². The number of aromatic nitrogens is 1. The van der Waals surface area contributed by atoms with Crippen molar-refractivity contribution >= 4 is 23.1 Å². The van der Waals surface area contributed by atoms with Crippen LogP contribution in [0.3, 0.4) is 0 Å². The monoisotopic (exact) mass is 236 g/mol.